The van der Waals surface area contributed by atoms with Crippen molar-refractivity contribution in [1.29, 1.82) is 0 Å². The van der Waals surface area contributed by atoms with Crippen molar-refractivity contribution < 1.29 is 0 Å². The molecule has 0 aromatic carbocycles. The third-order valence-electron chi connectivity index (χ3n) is 2.42. The Kier molecular flexibility index (Phi) is 3.47. The quantitative estimate of drug-likeness (QED) is 0.744. The lowest BCUT2D eigenvalue weighted by Crippen LogP contribution is -2.15. The summed E-state index contributed by atoms with van der Waals surface area (Å²) in [4.78, 5) is 0. The zero-order chi connectivity index (χ0) is 10.7. The molecule has 0 spiro atoms. The Hall–Kier alpha value is -1.09. The van der Waals surface area contributed by atoms with Crippen LogP contribution >= 0.6 is 0 Å². The van der Waals surface area contributed by atoms with Crippen LogP contribution in [0, 0.1) is 6.92 Å². The highest BCUT2D eigenvalue weighted by atomic mass is 15.3. The molecule has 0 fully saturated rings. The number of aryl methyl sites for hydroxylation is 1. The Morgan fingerprint density at radius 3 is 2.57 bits per heavy atom. The fourth-order valence-electron chi connectivity index (χ4n) is 1.48. The van der Waals surface area contributed by atoms with Crippen LogP contribution in [0.15, 0.2) is 17.8 Å². The lowest BCUT2D eigenvalue weighted by Gasteiger charge is -2.12. The van der Waals surface area contributed by atoms with Crippen LogP contribution in [0.1, 0.15) is 31.1 Å². The first-order chi connectivity index (χ1) is 6.56. The lowest BCUT2D eigenvalue weighted by molar-refractivity contribution is 0.694. The van der Waals surface area contributed by atoms with Gasteiger partial charge in [0.1, 0.15) is 0 Å². The third kappa shape index (κ3) is 2.23. The Balaban J connectivity index is 3.01. The predicted molar refractivity (Wildman–Crippen MR) is 59.2 cm³/mol. The summed E-state index contributed by atoms with van der Waals surface area (Å²) in [6.07, 6.45) is 4.14. The van der Waals surface area contributed by atoms with Gasteiger partial charge >= 0.3 is 0 Å². The van der Waals surface area contributed by atoms with Gasteiger partial charge < -0.3 is 5.32 Å². The fraction of sp³-hybridized carbons (Fsp3) is 0.545. The fourth-order valence-corrected chi connectivity index (χ4v) is 1.48. The maximum absolute atomic E-state index is 4.24. The highest BCUT2D eigenvalue weighted by molar-refractivity contribution is 5.25. The highest BCUT2D eigenvalue weighted by Crippen LogP contribution is 2.18. The maximum Gasteiger partial charge on any atom is 0.0543 e. The lowest BCUT2D eigenvalue weighted by atomic mass is 10.1. The van der Waals surface area contributed by atoms with Crippen molar-refractivity contribution >= 4 is 0 Å². The van der Waals surface area contributed by atoms with E-state index in [9.17, 15) is 0 Å². The largest absolute Gasteiger partial charge is 0.310 e. The van der Waals surface area contributed by atoms with Crippen molar-refractivity contribution in [2.75, 3.05) is 7.05 Å². The highest BCUT2D eigenvalue weighted by Gasteiger charge is 2.11. The van der Waals surface area contributed by atoms with Gasteiger partial charge in [-0.15, -0.1) is 0 Å². The maximum atomic E-state index is 4.24. The van der Waals surface area contributed by atoms with E-state index in [4.69, 9.17) is 0 Å². The summed E-state index contributed by atoms with van der Waals surface area (Å²) in [6.45, 7) is 6.30. The summed E-state index contributed by atoms with van der Waals surface area (Å²) in [5.74, 6) is 0. The minimum atomic E-state index is 0.272. The van der Waals surface area contributed by atoms with Crippen LogP contribution in [0.2, 0.25) is 0 Å². The van der Waals surface area contributed by atoms with E-state index >= 15 is 0 Å². The summed E-state index contributed by atoms with van der Waals surface area (Å²) < 4.78 is 1.90. The first kappa shape index (κ1) is 11.0. The Bertz CT molecular complexity index is 332. The standard InChI is InChI=1S/C11H19N3/c1-8(2)6-11(12-4)10-7-13-14(5)9(10)3/h6-7,11-12H,1-5H3. The smallest absolute Gasteiger partial charge is 0.0543 e. The van der Waals surface area contributed by atoms with Crippen molar-refractivity contribution in [2.45, 2.75) is 26.8 Å². The Labute approximate surface area is 85.8 Å². The van der Waals surface area contributed by atoms with Gasteiger partial charge in [-0.3, -0.25) is 4.68 Å². The Morgan fingerprint density at radius 1 is 1.57 bits per heavy atom. The van der Waals surface area contributed by atoms with E-state index < -0.39 is 0 Å². The molecule has 0 radical (unpaired) electrons. The molecule has 0 aliphatic carbocycles. The summed E-state index contributed by atoms with van der Waals surface area (Å²) >= 11 is 0. The van der Waals surface area contributed by atoms with Gasteiger partial charge in [-0.2, -0.15) is 5.10 Å². The molecular weight excluding hydrogens is 174 g/mol. The molecule has 14 heavy (non-hydrogen) atoms. The first-order valence-corrected chi connectivity index (χ1v) is 4.87. The van der Waals surface area contributed by atoms with Gasteiger partial charge in [0.2, 0.25) is 0 Å². The van der Waals surface area contributed by atoms with Crippen LogP contribution in [0.5, 0.6) is 0 Å². The molecule has 78 valence electrons. The summed E-state index contributed by atoms with van der Waals surface area (Å²) in [7, 11) is 3.94. The summed E-state index contributed by atoms with van der Waals surface area (Å²) in [5.41, 5.74) is 3.77. The molecule has 0 saturated heterocycles. The SMILES string of the molecule is CNC(C=C(C)C)c1cnn(C)c1C. The van der Waals surface area contributed by atoms with Crippen molar-refractivity contribution in [3.05, 3.63) is 29.1 Å². The van der Waals surface area contributed by atoms with E-state index in [0.717, 1.165) is 0 Å². The molecule has 0 amide bonds. The number of rotatable bonds is 3. The van der Waals surface area contributed by atoms with Crippen LogP contribution in [-0.4, -0.2) is 16.8 Å². The Morgan fingerprint density at radius 2 is 2.21 bits per heavy atom. The average Bonchev–Trinajstić information content (AvgIpc) is 2.44. The molecule has 0 bridgehead atoms. The second kappa shape index (κ2) is 4.42. The van der Waals surface area contributed by atoms with Gasteiger partial charge in [0.25, 0.3) is 0 Å². The van der Waals surface area contributed by atoms with Crippen molar-refractivity contribution in [3.63, 3.8) is 0 Å². The van der Waals surface area contributed by atoms with Gasteiger partial charge in [0, 0.05) is 18.3 Å². The van der Waals surface area contributed by atoms with Crippen LogP contribution in [-0.2, 0) is 7.05 Å². The van der Waals surface area contributed by atoms with E-state index in [1.165, 1.54) is 16.8 Å². The van der Waals surface area contributed by atoms with Crippen LogP contribution in [0.25, 0.3) is 0 Å². The van der Waals surface area contributed by atoms with Crippen LogP contribution < -0.4 is 5.32 Å². The van der Waals surface area contributed by atoms with Gasteiger partial charge in [-0.25, -0.2) is 0 Å². The minimum absolute atomic E-state index is 0.272. The molecule has 1 N–H and O–H groups in total. The van der Waals surface area contributed by atoms with Gasteiger partial charge in [0.05, 0.1) is 12.2 Å². The van der Waals surface area contributed by atoms with E-state index in [1.807, 2.05) is 25.0 Å². The number of likely N-dealkylation sites (N-methyl/N-ethyl adjacent to an activating group) is 1. The molecule has 0 aliphatic rings. The van der Waals surface area contributed by atoms with Gasteiger partial charge in [-0.1, -0.05) is 11.6 Å². The molecular formula is C11H19N3. The number of nitrogens with zero attached hydrogens (tertiary/aromatic N) is 2. The summed E-state index contributed by atoms with van der Waals surface area (Å²) in [6, 6.07) is 0.272. The zero-order valence-corrected chi connectivity index (χ0v) is 9.63. The van der Waals surface area contributed by atoms with E-state index in [2.05, 4.69) is 37.3 Å². The topological polar surface area (TPSA) is 29.9 Å². The van der Waals surface area contributed by atoms with Gasteiger partial charge in [-0.05, 0) is 27.8 Å². The number of allylic oxidation sites excluding steroid dienone is 1. The summed E-state index contributed by atoms with van der Waals surface area (Å²) in [5, 5.41) is 7.51. The van der Waals surface area contributed by atoms with Crippen molar-refractivity contribution in [3.8, 4) is 0 Å². The number of hydrogen-bond donors (Lipinski definition) is 1. The number of aromatic nitrogens is 2. The third-order valence-corrected chi connectivity index (χ3v) is 2.42. The average molecular weight is 193 g/mol. The second-order valence-electron chi connectivity index (χ2n) is 3.82. The van der Waals surface area contributed by atoms with Crippen LogP contribution in [0.3, 0.4) is 0 Å². The molecule has 3 heteroatoms. The van der Waals surface area contributed by atoms with E-state index in [1.54, 1.807) is 0 Å². The molecule has 1 unspecified atom stereocenters. The van der Waals surface area contributed by atoms with Crippen molar-refractivity contribution in [2.24, 2.45) is 7.05 Å². The van der Waals surface area contributed by atoms with E-state index in [-0.39, 0.29) is 6.04 Å². The van der Waals surface area contributed by atoms with Crippen LogP contribution in [0.4, 0.5) is 0 Å². The monoisotopic (exact) mass is 193 g/mol. The molecule has 1 aromatic rings. The predicted octanol–water partition coefficient (Wildman–Crippen LogP) is 1.96. The number of nitrogens with one attached hydrogen (secondary N) is 1. The minimum Gasteiger partial charge on any atom is -0.310 e. The molecule has 1 aromatic heterocycles. The second-order valence-corrected chi connectivity index (χ2v) is 3.82. The normalized spacial score (nSPS) is 12.6. The van der Waals surface area contributed by atoms with Crippen molar-refractivity contribution in [1.82, 2.24) is 15.1 Å². The molecule has 0 saturated carbocycles. The molecule has 3 nitrogen and oxygen atoms in total. The molecule has 1 heterocycles. The number of hydrogen-bond acceptors (Lipinski definition) is 2. The molecule has 1 rings (SSSR count). The first-order valence-electron chi connectivity index (χ1n) is 4.87. The van der Waals surface area contributed by atoms with E-state index in [0.29, 0.717) is 0 Å². The molecule has 1 atom stereocenters. The van der Waals surface area contributed by atoms with Gasteiger partial charge in [0.15, 0.2) is 0 Å². The molecule has 0 aliphatic heterocycles. The zero-order valence-electron chi connectivity index (χ0n) is 9.63.